The number of nitrogens with zero attached hydrogens (tertiary/aromatic N) is 2. The van der Waals surface area contributed by atoms with Crippen molar-refractivity contribution in [1.82, 2.24) is 9.97 Å². The van der Waals surface area contributed by atoms with Crippen LogP contribution in [-0.4, -0.2) is 15.9 Å². The highest BCUT2D eigenvalue weighted by Crippen LogP contribution is 2.24. The van der Waals surface area contributed by atoms with E-state index in [4.69, 9.17) is 5.73 Å². The first-order chi connectivity index (χ1) is 10.7. The number of hydrogen-bond donors (Lipinski definition) is 2. The average Bonchev–Trinajstić information content (AvgIpc) is 2.54. The standard InChI is InChI=1S/C17H14N4O/c1-2-17(22)20-13-7-8-19-14(10-13)12-4-3-11-5-6-16(18)21-15(11)9-12/h2-10H,1H2,(H2,18,21)(H,19,20,22). The number of carbonyl (C=O) groups excluding carboxylic acids is 1. The van der Waals surface area contributed by atoms with Crippen molar-refractivity contribution in [2.45, 2.75) is 0 Å². The monoisotopic (exact) mass is 290 g/mol. The van der Waals surface area contributed by atoms with Gasteiger partial charge in [-0.15, -0.1) is 0 Å². The molecule has 108 valence electrons. The van der Waals surface area contributed by atoms with Crippen molar-refractivity contribution in [2.24, 2.45) is 0 Å². The molecular weight excluding hydrogens is 276 g/mol. The van der Waals surface area contributed by atoms with Gasteiger partial charge in [-0.25, -0.2) is 4.98 Å². The Morgan fingerprint density at radius 3 is 2.82 bits per heavy atom. The lowest BCUT2D eigenvalue weighted by Gasteiger charge is -2.06. The summed E-state index contributed by atoms with van der Waals surface area (Å²) in [6, 6.07) is 13.1. The summed E-state index contributed by atoms with van der Waals surface area (Å²) in [6.07, 6.45) is 2.87. The zero-order valence-corrected chi connectivity index (χ0v) is 11.8. The molecule has 0 aliphatic carbocycles. The van der Waals surface area contributed by atoms with E-state index in [9.17, 15) is 4.79 Å². The predicted octanol–water partition coefficient (Wildman–Crippen LogP) is 3.00. The number of fused-ring (bicyclic) bond motifs is 1. The van der Waals surface area contributed by atoms with E-state index in [0.717, 1.165) is 22.2 Å². The summed E-state index contributed by atoms with van der Waals surface area (Å²) in [5, 5.41) is 3.72. The molecule has 3 N–H and O–H groups in total. The second-order valence-corrected chi connectivity index (χ2v) is 4.77. The van der Waals surface area contributed by atoms with E-state index >= 15 is 0 Å². The summed E-state index contributed by atoms with van der Waals surface area (Å²) >= 11 is 0. The molecule has 0 fully saturated rings. The minimum Gasteiger partial charge on any atom is -0.384 e. The molecule has 0 aliphatic heterocycles. The van der Waals surface area contributed by atoms with Gasteiger partial charge in [-0.2, -0.15) is 0 Å². The maximum Gasteiger partial charge on any atom is 0.247 e. The molecule has 3 aromatic rings. The van der Waals surface area contributed by atoms with Crippen molar-refractivity contribution in [2.75, 3.05) is 11.1 Å². The molecule has 0 unspecified atom stereocenters. The van der Waals surface area contributed by atoms with Gasteiger partial charge in [0.05, 0.1) is 11.2 Å². The summed E-state index contributed by atoms with van der Waals surface area (Å²) in [6.45, 7) is 3.43. The number of rotatable bonds is 3. The third-order valence-electron chi connectivity index (χ3n) is 3.22. The van der Waals surface area contributed by atoms with Crippen LogP contribution in [-0.2, 0) is 4.79 Å². The molecule has 0 saturated heterocycles. The summed E-state index contributed by atoms with van der Waals surface area (Å²) < 4.78 is 0. The van der Waals surface area contributed by atoms with Crippen LogP contribution < -0.4 is 11.1 Å². The fourth-order valence-electron chi connectivity index (χ4n) is 2.15. The molecule has 22 heavy (non-hydrogen) atoms. The Morgan fingerprint density at radius 1 is 1.18 bits per heavy atom. The van der Waals surface area contributed by atoms with Gasteiger partial charge in [-0.05, 0) is 36.4 Å². The van der Waals surface area contributed by atoms with Gasteiger partial charge in [0.2, 0.25) is 5.91 Å². The second kappa shape index (κ2) is 5.65. The average molecular weight is 290 g/mol. The minimum atomic E-state index is -0.259. The van der Waals surface area contributed by atoms with Gasteiger partial charge in [-0.3, -0.25) is 9.78 Å². The number of nitrogen functional groups attached to an aromatic ring is 1. The number of carbonyl (C=O) groups is 1. The van der Waals surface area contributed by atoms with Crippen LogP contribution in [0.3, 0.4) is 0 Å². The summed E-state index contributed by atoms with van der Waals surface area (Å²) in [4.78, 5) is 20.0. The highest BCUT2D eigenvalue weighted by Gasteiger charge is 2.05. The van der Waals surface area contributed by atoms with Crippen molar-refractivity contribution >= 4 is 28.3 Å². The van der Waals surface area contributed by atoms with Crippen LogP contribution >= 0.6 is 0 Å². The molecule has 5 heteroatoms. The van der Waals surface area contributed by atoms with Crippen molar-refractivity contribution < 1.29 is 4.79 Å². The maximum atomic E-state index is 11.4. The van der Waals surface area contributed by atoms with Crippen molar-refractivity contribution in [3.05, 3.63) is 61.3 Å². The Bertz CT molecular complexity index is 873. The van der Waals surface area contributed by atoms with E-state index in [-0.39, 0.29) is 5.91 Å². The fourth-order valence-corrected chi connectivity index (χ4v) is 2.15. The number of nitrogens with one attached hydrogen (secondary N) is 1. The SMILES string of the molecule is C=CC(=O)Nc1ccnc(-c2ccc3ccc(N)nc3c2)c1. The molecule has 0 aliphatic rings. The molecule has 3 rings (SSSR count). The summed E-state index contributed by atoms with van der Waals surface area (Å²) in [5.41, 5.74) is 8.84. The zero-order valence-electron chi connectivity index (χ0n) is 11.8. The number of hydrogen-bond acceptors (Lipinski definition) is 4. The molecule has 0 saturated carbocycles. The highest BCUT2D eigenvalue weighted by atomic mass is 16.1. The Morgan fingerprint density at radius 2 is 2.00 bits per heavy atom. The predicted molar refractivity (Wildman–Crippen MR) is 88.2 cm³/mol. The van der Waals surface area contributed by atoms with Crippen LogP contribution in [0, 0.1) is 0 Å². The third-order valence-corrected chi connectivity index (χ3v) is 3.22. The molecule has 0 bridgehead atoms. The lowest BCUT2D eigenvalue weighted by molar-refractivity contribution is -0.111. The smallest absolute Gasteiger partial charge is 0.247 e. The molecule has 0 radical (unpaired) electrons. The van der Waals surface area contributed by atoms with Gasteiger partial charge in [0.1, 0.15) is 5.82 Å². The van der Waals surface area contributed by atoms with E-state index in [1.165, 1.54) is 6.08 Å². The number of nitrogens with two attached hydrogens (primary N) is 1. The molecule has 2 heterocycles. The van der Waals surface area contributed by atoms with Gasteiger partial charge in [0.15, 0.2) is 0 Å². The largest absolute Gasteiger partial charge is 0.384 e. The second-order valence-electron chi connectivity index (χ2n) is 4.77. The van der Waals surface area contributed by atoms with E-state index in [1.54, 1.807) is 24.4 Å². The van der Waals surface area contributed by atoms with Crippen LogP contribution in [0.25, 0.3) is 22.2 Å². The molecule has 2 aromatic heterocycles. The Kier molecular flexibility index (Phi) is 3.53. The number of aromatic nitrogens is 2. The van der Waals surface area contributed by atoms with Crippen molar-refractivity contribution in [3.63, 3.8) is 0 Å². The Labute approximate surface area is 127 Å². The Balaban J connectivity index is 2.01. The number of pyridine rings is 2. The zero-order chi connectivity index (χ0) is 15.5. The van der Waals surface area contributed by atoms with Gasteiger partial charge in [0, 0.05) is 22.8 Å². The molecule has 0 spiro atoms. The van der Waals surface area contributed by atoms with E-state index in [2.05, 4.69) is 21.9 Å². The normalized spacial score (nSPS) is 10.4. The minimum absolute atomic E-state index is 0.259. The van der Waals surface area contributed by atoms with E-state index < -0.39 is 0 Å². The van der Waals surface area contributed by atoms with E-state index in [0.29, 0.717) is 11.5 Å². The van der Waals surface area contributed by atoms with Crippen LogP contribution in [0.15, 0.2) is 61.3 Å². The maximum absolute atomic E-state index is 11.4. The van der Waals surface area contributed by atoms with Gasteiger partial charge in [-0.1, -0.05) is 18.7 Å². The van der Waals surface area contributed by atoms with Crippen LogP contribution in [0.2, 0.25) is 0 Å². The quantitative estimate of drug-likeness (QED) is 0.727. The first kappa shape index (κ1) is 13.8. The molecule has 0 atom stereocenters. The lowest BCUT2D eigenvalue weighted by Crippen LogP contribution is -2.07. The number of benzene rings is 1. The molecule has 5 nitrogen and oxygen atoms in total. The molecule has 1 aromatic carbocycles. The first-order valence-electron chi connectivity index (χ1n) is 6.72. The van der Waals surface area contributed by atoms with Gasteiger partial charge < -0.3 is 11.1 Å². The van der Waals surface area contributed by atoms with E-state index in [1.807, 2.05) is 24.3 Å². The lowest BCUT2D eigenvalue weighted by atomic mass is 10.1. The van der Waals surface area contributed by atoms with Crippen LogP contribution in [0.4, 0.5) is 11.5 Å². The van der Waals surface area contributed by atoms with Gasteiger partial charge in [0.25, 0.3) is 0 Å². The highest BCUT2D eigenvalue weighted by molar-refractivity contribution is 5.99. The van der Waals surface area contributed by atoms with Crippen LogP contribution in [0.1, 0.15) is 0 Å². The summed E-state index contributed by atoms with van der Waals surface area (Å²) in [7, 11) is 0. The number of anilines is 2. The third kappa shape index (κ3) is 2.78. The van der Waals surface area contributed by atoms with Crippen LogP contribution in [0.5, 0.6) is 0 Å². The van der Waals surface area contributed by atoms with Crippen molar-refractivity contribution in [1.29, 1.82) is 0 Å². The Hall–Kier alpha value is -3.21. The summed E-state index contributed by atoms with van der Waals surface area (Å²) in [5.74, 6) is 0.217. The first-order valence-corrected chi connectivity index (χ1v) is 6.72. The molecule has 1 amide bonds. The number of amides is 1. The fraction of sp³-hybridized carbons (Fsp3) is 0. The van der Waals surface area contributed by atoms with Crippen molar-refractivity contribution in [3.8, 4) is 11.3 Å². The van der Waals surface area contributed by atoms with Gasteiger partial charge >= 0.3 is 0 Å². The molecular formula is C17H14N4O. The topological polar surface area (TPSA) is 80.9 Å².